The predicted octanol–water partition coefficient (Wildman–Crippen LogP) is 0.689. The van der Waals surface area contributed by atoms with Crippen molar-refractivity contribution in [2.24, 2.45) is 17.8 Å². The van der Waals surface area contributed by atoms with Crippen LogP contribution in [0.3, 0.4) is 0 Å². The van der Waals surface area contributed by atoms with E-state index < -0.39 is 0 Å². The number of nitrogens with one attached hydrogen (secondary N) is 1. The van der Waals surface area contributed by atoms with E-state index in [-0.39, 0.29) is 5.60 Å². The fourth-order valence-corrected chi connectivity index (χ4v) is 4.19. The molecule has 0 aromatic heterocycles. The molecule has 92 valence electrons. The fraction of sp³-hybridized carbons (Fsp3) is 1.00. The van der Waals surface area contributed by atoms with Crippen molar-refractivity contribution in [1.82, 2.24) is 10.2 Å². The molecule has 3 rings (SSSR count). The van der Waals surface area contributed by atoms with Gasteiger partial charge in [0.25, 0.3) is 0 Å². The molecule has 0 spiro atoms. The summed E-state index contributed by atoms with van der Waals surface area (Å²) in [7, 11) is 2.19. The second-order valence-corrected chi connectivity index (χ2v) is 6.29. The van der Waals surface area contributed by atoms with Crippen LogP contribution in [0.15, 0.2) is 0 Å². The number of likely N-dealkylation sites (tertiary alicyclic amines) is 1. The molecule has 2 N–H and O–H groups in total. The Labute approximate surface area is 98.2 Å². The van der Waals surface area contributed by atoms with E-state index in [9.17, 15) is 5.11 Å². The Kier molecular flexibility index (Phi) is 2.73. The molecule has 3 fully saturated rings. The molecule has 2 heterocycles. The third-order valence-electron chi connectivity index (χ3n) is 5.10. The van der Waals surface area contributed by atoms with Gasteiger partial charge < -0.3 is 15.3 Å². The van der Waals surface area contributed by atoms with Gasteiger partial charge in [-0.1, -0.05) is 0 Å². The smallest absolute Gasteiger partial charge is 0.0694 e. The van der Waals surface area contributed by atoms with Crippen molar-refractivity contribution in [3.8, 4) is 0 Å². The second kappa shape index (κ2) is 3.97. The van der Waals surface area contributed by atoms with Crippen LogP contribution in [0.1, 0.15) is 25.7 Å². The third kappa shape index (κ3) is 1.79. The van der Waals surface area contributed by atoms with E-state index in [4.69, 9.17) is 0 Å². The van der Waals surface area contributed by atoms with Crippen LogP contribution in [-0.4, -0.2) is 48.8 Å². The summed E-state index contributed by atoms with van der Waals surface area (Å²) >= 11 is 0. The van der Waals surface area contributed by atoms with Crippen LogP contribution in [-0.2, 0) is 0 Å². The van der Waals surface area contributed by atoms with Gasteiger partial charge in [-0.3, -0.25) is 0 Å². The first kappa shape index (κ1) is 11.0. The summed E-state index contributed by atoms with van der Waals surface area (Å²) in [6, 6.07) is 0. The minimum Gasteiger partial charge on any atom is -0.390 e. The minimum atomic E-state index is -0.341. The number of hydrogen-bond acceptors (Lipinski definition) is 3. The van der Waals surface area contributed by atoms with Gasteiger partial charge in [-0.2, -0.15) is 0 Å². The molecule has 16 heavy (non-hydrogen) atoms. The molecule has 0 bridgehead atoms. The molecule has 3 aliphatic rings. The van der Waals surface area contributed by atoms with Crippen molar-refractivity contribution >= 4 is 0 Å². The van der Waals surface area contributed by atoms with Gasteiger partial charge in [0.2, 0.25) is 0 Å². The molecule has 3 nitrogen and oxygen atoms in total. The maximum Gasteiger partial charge on any atom is 0.0694 e. The zero-order chi connectivity index (χ0) is 11.2. The van der Waals surface area contributed by atoms with Gasteiger partial charge in [0, 0.05) is 12.5 Å². The van der Waals surface area contributed by atoms with Gasteiger partial charge in [0.1, 0.15) is 0 Å². The molecule has 3 atom stereocenters. The van der Waals surface area contributed by atoms with Crippen LogP contribution in [0, 0.1) is 17.8 Å². The molecule has 0 aromatic carbocycles. The number of nitrogens with zero attached hydrogens (tertiary/aromatic N) is 1. The predicted molar refractivity (Wildman–Crippen MR) is 64.3 cm³/mol. The molecule has 2 aliphatic heterocycles. The lowest BCUT2D eigenvalue weighted by atomic mass is 9.79. The number of rotatable bonds is 1. The van der Waals surface area contributed by atoms with Gasteiger partial charge in [-0.05, 0) is 64.2 Å². The van der Waals surface area contributed by atoms with E-state index in [0.29, 0.717) is 5.92 Å². The first-order valence-corrected chi connectivity index (χ1v) is 6.79. The molecule has 3 unspecified atom stereocenters. The van der Waals surface area contributed by atoms with Gasteiger partial charge in [-0.25, -0.2) is 0 Å². The van der Waals surface area contributed by atoms with E-state index in [0.717, 1.165) is 44.3 Å². The van der Waals surface area contributed by atoms with E-state index in [1.807, 2.05) is 0 Å². The lowest BCUT2D eigenvalue weighted by Gasteiger charge is -2.39. The van der Waals surface area contributed by atoms with E-state index in [1.165, 1.54) is 19.4 Å². The summed E-state index contributed by atoms with van der Waals surface area (Å²) in [5.74, 6) is 2.02. The summed E-state index contributed by atoms with van der Waals surface area (Å²) in [5, 5.41) is 14.3. The number of piperidine rings is 1. The first-order chi connectivity index (χ1) is 7.67. The normalized spacial score (nSPS) is 49.5. The maximum absolute atomic E-state index is 10.9. The van der Waals surface area contributed by atoms with Crippen LogP contribution in [0.5, 0.6) is 0 Å². The standard InChI is InChI=1S/C13H24N2O/c1-15-4-2-3-12(9-15)13(16)5-10-7-14-8-11(10)6-13/h10-12,14,16H,2-9H2,1H3. The molecule has 0 amide bonds. The number of hydrogen-bond donors (Lipinski definition) is 2. The summed E-state index contributed by atoms with van der Waals surface area (Å²) in [5.41, 5.74) is -0.341. The Bertz CT molecular complexity index is 257. The first-order valence-electron chi connectivity index (χ1n) is 6.79. The molecule has 0 aromatic rings. The third-order valence-corrected chi connectivity index (χ3v) is 5.10. The quantitative estimate of drug-likeness (QED) is 0.688. The monoisotopic (exact) mass is 224 g/mol. The van der Waals surface area contributed by atoms with Gasteiger partial charge in [-0.15, -0.1) is 0 Å². The lowest BCUT2D eigenvalue weighted by molar-refractivity contribution is -0.0441. The fourth-order valence-electron chi connectivity index (χ4n) is 4.19. The largest absolute Gasteiger partial charge is 0.390 e. The second-order valence-electron chi connectivity index (χ2n) is 6.29. The SMILES string of the molecule is CN1CCCC(C2(O)CC3CNCC3C2)C1. The van der Waals surface area contributed by atoms with E-state index in [1.54, 1.807) is 0 Å². The summed E-state index contributed by atoms with van der Waals surface area (Å²) in [4.78, 5) is 2.39. The van der Waals surface area contributed by atoms with Crippen LogP contribution >= 0.6 is 0 Å². The molecular weight excluding hydrogens is 200 g/mol. The Morgan fingerprint density at radius 3 is 2.56 bits per heavy atom. The van der Waals surface area contributed by atoms with Crippen LogP contribution < -0.4 is 5.32 Å². The van der Waals surface area contributed by atoms with E-state index in [2.05, 4.69) is 17.3 Å². The number of fused-ring (bicyclic) bond motifs is 1. The molecule has 1 aliphatic carbocycles. The summed E-state index contributed by atoms with van der Waals surface area (Å²) in [6.45, 7) is 4.58. The van der Waals surface area contributed by atoms with Crippen LogP contribution in [0.4, 0.5) is 0 Å². The maximum atomic E-state index is 10.9. The van der Waals surface area contributed by atoms with Crippen molar-refractivity contribution in [2.45, 2.75) is 31.3 Å². The van der Waals surface area contributed by atoms with E-state index >= 15 is 0 Å². The van der Waals surface area contributed by atoms with Crippen molar-refractivity contribution < 1.29 is 5.11 Å². The zero-order valence-corrected chi connectivity index (χ0v) is 10.3. The average Bonchev–Trinajstić information content (AvgIpc) is 2.76. The Balaban J connectivity index is 1.69. The highest BCUT2D eigenvalue weighted by molar-refractivity contribution is 5.03. The van der Waals surface area contributed by atoms with Gasteiger partial charge >= 0.3 is 0 Å². The van der Waals surface area contributed by atoms with Crippen LogP contribution in [0.2, 0.25) is 0 Å². The molecule has 2 saturated heterocycles. The Morgan fingerprint density at radius 2 is 1.94 bits per heavy atom. The Morgan fingerprint density at radius 1 is 1.25 bits per heavy atom. The highest BCUT2D eigenvalue weighted by Gasteiger charge is 2.50. The Hall–Kier alpha value is -0.120. The number of aliphatic hydroxyl groups is 1. The lowest BCUT2D eigenvalue weighted by Crippen LogP contribution is -2.46. The van der Waals surface area contributed by atoms with Crippen molar-refractivity contribution in [3.05, 3.63) is 0 Å². The molecule has 1 saturated carbocycles. The van der Waals surface area contributed by atoms with Crippen molar-refractivity contribution in [3.63, 3.8) is 0 Å². The van der Waals surface area contributed by atoms with Gasteiger partial charge in [0.15, 0.2) is 0 Å². The summed E-state index contributed by atoms with van der Waals surface area (Å²) in [6.07, 6.45) is 4.58. The summed E-state index contributed by atoms with van der Waals surface area (Å²) < 4.78 is 0. The highest BCUT2D eigenvalue weighted by Crippen LogP contribution is 2.47. The average molecular weight is 224 g/mol. The minimum absolute atomic E-state index is 0.341. The van der Waals surface area contributed by atoms with Gasteiger partial charge in [0.05, 0.1) is 5.60 Å². The highest BCUT2D eigenvalue weighted by atomic mass is 16.3. The zero-order valence-electron chi connectivity index (χ0n) is 10.3. The van der Waals surface area contributed by atoms with Crippen molar-refractivity contribution in [2.75, 3.05) is 33.2 Å². The molecule has 0 radical (unpaired) electrons. The topological polar surface area (TPSA) is 35.5 Å². The van der Waals surface area contributed by atoms with Crippen LogP contribution in [0.25, 0.3) is 0 Å². The molecular formula is C13H24N2O. The molecule has 3 heteroatoms. The van der Waals surface area contributed by atoms with Crippen molar-refractivity contribution in [1.29, 1.82) is 0 Å².